The van der Waals surface area contributed by atoms with Crippen LogP contribution in [0.1, 0.15) is 20.3 Å². The van der Waals surface area contributed by atoms with Gasteiger partial charge in [0.15, 0.2) is 0 Å². The zero-order valence-corrected chi connectivity index (χ0v) is 8.83. The average Bonchev–Trinajstić information content (AvgIpc) is 2.50. The first-order valence-electron chi connectivity index (χ1n) is 4.84. The lowest BCUT2D eigenvalue weighted by Crippen LogP contribution is -2.18. The number of nitrogens with zero attached hydrogens (tertiary/aromatic N) is 3. The lowest BCUT2D eigenvalue weighted by atomic mass is 10.1. The van der Waals surface area contributed by atoms with E-state index in [9.17, 15) is 15.2 Å². The minimum absolute atomic E-state index is 0.217. The van der Waals surface area contributed by atoms with Crippen LogP contribution in [0.25, 0.3) is 0 Å². The molecule has 1 rings (SSSR count). The van der Waals surface area contributed by atoms with Gasteiger partial charge in [-0.3, -0.25) is 0 Å². The minimum atomic E-state index is -0.571. The summed E-state index contributed by atoms with van der Waals surface area (Å²) in [5.74, 6) is 0.139. The van der Waals surface area contributed by atoms with Gasteiger partial charge in [-0.15, -0.1) is 0 Å². The Morgan fingerprint density at radius 2 is 2.33 bits per heavy atom. The van der Waals surface area contributed by atoms with Crippen molar-refractivity contribution in [2.75, 3.05) is 0 Å². The molecule has 0 spiro atoms. The fraction of sp³-hybridized carbons (Fsp3) is 0.667. The van der Waals surface area contributed by atoms with Crippen molar-refractivity contribution in [3.05, 3.63) is 22.5 Å². The summed E-state index contributed by atoms with van der Waals surface area (Å²) in [5, 5.41) is 20.2. The van der Waals surface area contributed by atoms with Crippen molar-refractivity contribution in [2.45, 2.75) is 32.9 Å². The van der Waals surface area contributed by atoms with Gasteiger partial charge in [-0.1, -0.05) is 18.8 Å². The molecule has 15 heavy (non-hydrogen) atoms. The van der Waals surface area contributed by atoms with Crippen molar-refractivity contribution in [3.8, 4) is 0 Å². The van der Waals surface area contributed by atoms with Crippen molar-refractivity contribution in [2.24, 2.45) is 5.92 Å². The van der Waals surface area contributed by atoms with E-state index in [0.29, 0.717) is 12.3 Å². The summed E-state index contributed by atoms with van der Waals surface area (Å²) in [6.45, 7) is 4.20. The number of imidazole rings is 1. The molecule has 84 valence electrons. The molecule has 0 aliphatic heterocycles. The van der Waals surface area contributed by atoms with E-state index < -0.39 is 11.0 Å². The lowest BCUT2D eigenvalue weighted by molar-refractivity contribution is -0.397. The molecule has 0 bridgehead atoms. The van der Waals surface area contributed by atoms with Crippen molar-refractivity contribution in [3.63, 3.8) is 0 Å². The summed E-state index contributed by atoms with van der Waals surface area (Å²) >= 11 is 0. The number of aliphatic hydroxyl groups is 1. The van der Waals surface area contributed by atoms with Crippen molar-refractivity contribution in [1.82, 2.24) is 9.55 Å². The van der Waals surface area contributed by atoms with Gasteiger partial charge in [0.05, 0.1) is 12.6 Å². The van der Waals surface area contributed by atoms with Gasteiger partial charge in [-0.25, -0.2) is 4.57 Å². The van der Waals surface area contributed by atoms with Crippen molar-refractivity contribution in [1.29, 1.82) is 0 Å². The number of aliphatic hydroxyl groups excluding tert-OH is 1. The summed E-state index contributed by atoms with van der Waals surface area (Å²) in [5.41, 5.74) is 0. The second-order valence-corrected chi connectivity index (χ2v) is 3.92. The van der Waals surface area contributed by atoms with E-state index in [1.54, 1.807) is 0 Å². The summed E-state index contributed by atoms with van der Waals surface area (Å²) < 4.78 is 1.35. The fourth-order valence-electron chi connectivity index (χ4n) is 1.46. The van der Waals surface area contributed by atoms with Crippen LogP contribution in [0.5, 0.6) is 0 Å². The molecule has 0 saturated heterocycles. The molecule has 0 aromatic carbocycles. The van der Waals surface area contributed by atoms with E-state index in [0.717, 1.165) is 0 Å². The Morgan fingerprint density at radius 3 is 2.87 bits per heavy atom. The maximum absolute atomic E-state index is 10.5. The molecule has 1 heterocycles. The SMILES string of the molecule is CC(C)CC(O)Cn1ccnc1[N+](=O)[O-]. The Kier molecular flexibility index (Phi) is 3.79. The number of aromatic nitrogens is 2. The molecule has 0 amide bonds. The van der Waals surface area contributed by atoms with E-state index in [1.165, 1.54) is 17.0 Å². The molecule has 1 atom stereocenters. The Bertz CT molecular complexity index is 335. The maximum Gasteiger partial charge on any atom is 0.434 e. The molecule has 1 aromatic heterocycles. The molecule has 0 radical (unpaired) electrons. The fourth-order valence-corrected chi connectivity index (χ4v) is 1.46. The van der Waals surface area contributed by atoms with Crippen LogP contribution in [0, 0.1) is 16.0 Å². The quantitative estimate of drug-likeness (QED) is 0.588. The van der Waals surface area contributed by atoms with E-state index in [1.807, 2.05) is 13.8 Å². The summed E-state index contributed by atoms with van der Waals surface area (Å²) in [7, 11) is 0. The van der Waals surface area contributed by atoms with Crippen LogP contribution >= 0.6 is 0 Å². The molecule has 6 heteroatoms. The summed E-state index contributed by atoms with van der Waals surface area (Å²) in [6.07, 6.45) is 2.91. The third-order valence-electron chi connectivity index (χ3n) is 2.01. The van der Waals surface area contributed by atoms with Crippen LogP contribution in [-0.2, 0) is 6.54 Å². The molecule has 0 saturated carbocycles. The second kappa shape index (κ2) is 4.88. The normalized spacial score (nSPS) is 13.1. The topological polar surface area (TPSA) is 81.2 Å². The van der Waals surface area contributed by atoms with Crippen LogP contribution in [0.2, 0.25) is 0 Å². The van der Waals surface area contributed by atoms with Gasteiger partial charge in [-0.2, -0.15) is 0 Å². The number of nitro groups is 1. The predicted octanol–water partition coefficient (Wildman–Crippen LogP) is 1.20. The molecule has 1 aromatic rings. The molecular formula is C9H15N3O3. The van der Waals surface area contributed by atoms with E-state index in [-0.39, 0.29) is 12.5 Å². The molecule has 1 N–H and O–H groups in total. The second-order valence-electron chi connectivity index (χ2n) is 3.92. The molecule has 6 nitrogen and oxygen atoms in total. The largest absolute Gasteiger partial charge is 0.434 e. The minimum Gasteiger partial charge on any atom is -0.390 e. The van der Waals surface area contributed by atoms with Crippen molar-refractivity contribution >= 4 is 5.95 Å². The zero-order valence-electron chi connectivity index (χ0n) is 8.83. The van der Waals surface area contributed by atoms with Gasteiger partial charge < -0.3 is 15.2 Å². The van der Waals surface area contributed by atoms with E-state index in [2.05, 4.69) is 4.98 Å². The van der Waals surface area contributed by atoms with Gasteiger partial charge in [0.2, 0.25) is 0 Å². The van der Waals surface area contributed by atoms with Gasteiger partial charge in [0.1, 0.15) is 12.4 Å². The average molecular weight is 213 g/mol. The van der Waals surface area contributed by atoms with E-state index in [4.69, 9.17) is 0 Å². The van der Waals surface area contributed by atoms with Gasteiger partial charge in [-0.05, 0) is 17.3 Å². The Hall–Kier alpha value is -1.43. The van der Waals surface area contributed by atoms with E-state index >= 15 is 0 Å². The lowest BCUT2D eigenvalue weighted by Gasteiger charge is -2.11. The zero-order chi connectivity index (χ0) is 11.4. The first kappa shape index (κ1) is 11.6. The summed E-state index contributed by atoms with van der Waals surface area (Å²) in [6, 6.07) is 0. The maximum atomic E-state index is 10.5. The third kappa shape index (κ3) is 3.32. The van der Waals surface area contributed by atoms with Gasteiger partial charge in [0.25, 0.3) is 0 Å². The number of rotatable bonds is 5. The molecule has 0 aliphatic rings. The monoisotopic (exact) mass is 213 g/mol. The Labute approximate surface area is 87.7 Å². The van der Waals surface area contributed by atoms with Crippen LogP contribution in [-0.4, -0.2) is 25.7 Å². The highest BCUT2D eigenvalue weighted by Gasteiger charge is 2.17. The Balaban J connectivity index is 2.64. The highest BCUT2D eigenvalue weighted by Crippen LogP contribution is 2.12. The number of hydrogen-bond acceptors (Lipinski definition) is 4. The van der Waals surface area contributed by atoms with Crippen LogP contribution < -0.4 is 0 Å². The van der Waals surface area contributed by atoms with Gasteiger partial charge >= 0.3 is 5.95 Å². The first-order chi connectivity index (χ1) is 7.00. The van der Waals surface area contributed by atoms with Crippen LogP contribution in [0.3, 0.4) is 0 Å². The van der Waals surface area contributed by atoms with Gasteiger partial charge in [0, 0.05) is 0 Å². The Morgan fingerprint density at radius 1 is 1.67 bits per heavy atom. The molecule has 1 unspecified atom stereocenters. The third-order valence-corrected chi connectivity index (χ3v) is 2.01. The smallest absolute Gasteiger partial charge is 0.390 e. The number of hydrogen-bond donors (Lipinski definition) is 1. The highest BCUT2D eigenvalue weighted by molar-refractivity contribution is 5.06. The van der Waals surface area contributed by atoms with Crippen molar-refractivity contribution < 1.29 is 10.0 Å². The summed E-state index contributed by atoms with van der Waals surface area (Å²) in [4.78, 5) is 13.6. The predicted molar refractivity (Wildman–Crippen MR) is 54.3 cm³/mol. The van der Waals surface area contributed by atoms with Crippen LogP contribution in [0.4, 0.5) is 5.95 Å². The molecule has 0 aliphatic carbocycles. The molecule has 0 fully saturated rings. The highest BCUT2D eigenvalue weighted by atomic mass is 16.6. The molecular weight excluding hydrogens is 198 g/mol. The van der Waals surface area contributed by atoms with Crippen LogP contribution in [0.15, 0.2) is 12.4 Å². The first-order valence-corrected chi connectivity index (χ1v) is 4.84. The standard InChI is InChI=1S/C9H15N3O3/c1-7(2)5-8(13)6-11-4-3-10-9(11)12(14)15/h3-4,7-8,13H,5-6H2,1-2H3.